The summed E-state index contributed by atoms with van der Waals surface area (Å²) in [6, 6.07) is 14.6. The predicted molar refractivity (Wildman–Crippen MR) is 93.6 cm³/mol. The summed E-state index contributed by atoms with van der Waals surface area (Å²) in [5, 5.41) is 20.1. The zero-order valence-corrected chi connectivity index (χ0v) is 13.8. The number of carboxylic acid groups (broad SMARTS) is 1. The average molecular weight is 359 g/mol. The average Bonchev–Trinajstić information content (AvgIpc) is 3.10. The Balaban J connectivity index is 2.12. The maximum absolute atomic E-state index is 11.4. The lowest BCUT2D eigenvalue weighted by Gasteiger charge is -2.09. The van der Waals surface area contributed by atoms with Crippen LogP contribution in [0.4, 0.5) is 0 Å². The second-order valence-corrected chi connectivity index (χ2v) is 6.67. The normalized spacial score (nSPS) is 12.8. The molecule has 7 heteroatoms. The van der Waals surface area contributed by atoms with E-state index in [0.717, 1.165) is 10.2 Å². The molecule has 0 radical (unpaired) electrons. The van der Waals surface area contributed by atoms with Gasteiger partial charge in [-0.25, -0.2) is 9.78 Å². The highest BCUT2D eigenvalue weighted by Gasteiger charge is 2.28. The van der Waals surface area contributed by atoms with Crippen molar-refractivity contribution in [2.24, 2.45) is 0 Å². The first-order valence-electron chi connectivity index (χ1n) is 7.13. The number of aliphatic hydroxyl groups is 1. The Labute approximate surface area is 145 Å². The SMILES string of the molecule is O=C(O)C(O)c1c(-c2ccccc2Cl)nc2sc3ccccc3n12. The van der Waals surface area contributed by atoms with Crippen molar-refractivity contribution in [1.82, 2.24) is 9.38 Å². The Kier molecular flexibility index (Phi) is 3.53. The quantitative estimate of drug-likeness (QED) is 0.580. The molecule has 24 heavy (non-hydrogen) atoms. The Morgan fingerprint density at radius 1 is 1.17 bits per heavy atom. The number of nitrogens with zero attached hydrogens (tertiary/aromatic N) is 2. The summed E-state index contributed by atoms with van der Waals surface area (Å²) in [5.74, 6) is -1.33. The van der Waals surface area contributed by atoms with Gasteiger partial charge in [-0.1, -0.05) is 53.3 Å². The number of halogens is 1. The number of aromatic nitrogens is 2. The molecule has 4 rings (SSSR count). The molecule has 5 nitrogen and oxygen atoms in total. The highest BCUT2D eigenvalue weighted by molar-refractivity contribution is 7.23. The second kappa shape index (κ2) is 5.59. The standard InChI is InChI=1S/C17H11ClN2O3S/c18-10-6-2-1-5-9(10)13-14(15(21)16(22)23)20-11-7-3-4-8-12(11)24-17(20)19-13/h1-8,15,21H,(H,22,23). The Hall–Kier alpha value is -2.41. The van der Waals surface area contributed by atoms with E-state index < -0.39 is 12.1 Å². The summed E-state index contributed by atoms with van der Waals surface area (Å²) in [7, 11) is 0. The maximum Gasteiger partial charge on any atom is 0.338 e. The van der Waals surface area contributed by atoms with Gasteiger partial charge in [-0.15, -0.1) is 0 Å². The first-order chi connectivity index (χ1) is 11.6. The lowest BCUT2D eigenvalue weighted by atomic mass is 10.1. The van der Waals surface area contributed by atoms with Gasteiger partial charge in [0.25, 0.3) is 0 Å². The van der Waals surface area contributed by atoms with E-state index in [4.69, 9.17) is 11.6 Å². The smallest absolute Gasteiger partial charge is 0.338 e. The van der Waals surface area contributed by atoms with E-state index in [-0.39, 0.29) is 5.69 Å². The molecule has 0 aliphatic carbocycles. The number of aliphatic carboxylic acids is 1. The Bertz CT molecular complexity index is 1090. The number of thiazole rings is 1. The molecule has 0 spiro atoms. The summed E-state index contributed by atoms with van der Waals surface area (Å²) < 4.78 is 2.65. The van der Waals surface area contributed by atoms with Crippen molar-refractivity contribution >= 4 is 44.1 Å². The molecule has 2 N–H and O–H groups in total. The third-order valence-corrected chi connectivity index (χ3v) is 5.16. The monoisotopic (exact) mass is 358 g/mol. The van der Waals surface area contributed by atoms with Crippen LogP contribution in [-0.4, -0.2) is 25.6 Å². The lowest BCUT2D eigenvalue weighted by molar-refractivity contribution is -0.147. The number of fused-ring (bicyclic) bond motifs is 3. The largest absolute Gasteiger partial charge is 0.479 e. The van der Waals surface area contributed by atoms with Crippen molar-refractivity contribution in [1.29, 1.82) is 0 Å². The molecular formula is C17H11ClN2O3S. The van der Waals surface area contributed by atoms with Crippen molar-refractivity contribution in [3.05, 3.63) is 59.2 Å². The minimum Gasteiger partial charge on any atom is -0.479 e. The number of carboxylic acids is 1. The summed E-state index contributed by atoms with van der Waals surface area (Å²) >= 11 is 7.68. The van der Waals surface area contributed by atoms with Crippen LogP contribution in [0.15, 0.2) is 48.5 Å². The molecular weight excluding hydrogens is 348 g/mol. The number of imidazole rings is 1. The van der Waals surface area contributed by atoms with Gasteiger partial charge in [0, 0.05) is 5.56 Å². The van der Waals surface area contributed by atoms with Gasteiger partial charge in [0.1, 0.15) is 0 Å². The molecule has 0 saturated heterocycles. The lowest BCUT2D eigenvalue weighted by Crippen LogP contribution is -2.13. The van der Waals surface area contributed by atoms with E-state index in [2.05, 4.69) is 4.98 Å². The van der Waals surface area contributed by atoms with Crippen LogP contribution in [0.2, 0.25) is 5.02 Å². The van der Waals surface area contributed by atoms with E-state index in [9.17, 15) is 15.0 Å². The minimum absolute atomic E-state index is 0.211. The van der Waals surface area contributed by atoms with Gasteiger partial charge in [0.2, 0.25) is 0 Å². The fourth-order valence-electron chi connectivity index (χ4n) is 2.76. The molecule has 0 fully saturated rings. The van der Waals surface area contributed by atoms with Gasteiger partial charge < -0.3 is 10.2 Å². The number of para-hydroxylation sites is 1. The number of hydrogen-bond donors (Lipinski definition) is 2. The van der Waals surface area contributed by atoms with Crippen LogP contribution in [0.1, 0.15) is 11.8 Å². The van der Waals surface area contributed by atoms with Gasteiger partial charge in [-0.05, 0) is 18.2 Å². The molecule has 0 aliphatic heterocycles. The Morgan fingerprint density at radius 2 is 1.88 bits per heavy atom. The van der Waals surface area contributed by atoms with Crippen LogP contribution in [0.5, 0.6) is 0 Å². The number of benzene rings is 2. The van der Waals surface area contributed by atoms with Crippen LogP contribution in [0.3, 0.4) is 0 Å². The van der Waals surface area contributed by atoms with Gasteiger partial charge >= 0.3 is 5.97 Å². The van der Waals surface area contributed by atoms with Crippen molar-refractivity contribution in [3.8, 4) is 11.3 Å². The van der Waals surface area contributed by atoms with Gasteiger partial charge in [0.05, 0.1) is 26.6 Å². The van der Waals surface area contributed by atoms with Crippen LogP contribution >= 0.6 is 22.9 Å². The fraction of sp³-hybridized carbons (Fsp3) is 0.0588. The third-order valence-electron chi connectivity index (χ3n) is 3.81. The molecule has 1 atom stereocenters. The molecule has 1 unspecified atom stereocenters. The molecule has 120 valence electrons. The molecule has 0 saturated carbocycles. The molecule has 0 amide bonds. The van der Waals surface area contributed by atoms with Crippen molar-refractivity contribution < 1.29 is 15.0 Å². The van der Waals surface area contributed by atoms with Crippen molar-refractivity contribution in [2.45, 2.75) is 6.10 Å². The maximum atomic E-state index is 11.4. The molecule has 2 heterocycles. The highest BCUT2D eigenvalue weighted by atomic mass is 35.5. The first kappa shape index (κ1) is 15.1. The second-order valence-electron chi connectivity index (χ2n) is 5.25. The van der Waals surface area contributed by atoms with E-state index in [0.29, 0.717) is 21.2 Å². The molecule has 0 bridgehead atoms. The van der Waals surface area contributed by atoms with Crippen LogP contribution in [0, 0.1) is 0 Å². The zero-order valence-electron chi connectivity index (χ0n) is 12.2. The van der Waals surface area contributed by atoms with E-state index in [1.54, 1.807) is 28.7 Å². The van der Waals surface area contributed by atoms with Crippen molar-refractivity contribution in [2.75, 3.05) is 0 Å². The van der Waals surface area contributed by atoms with Crippen LogP contribution in [0.25, 0.3) is 26.4 Å². The Morgan fingerprint density at radius 3 is 2.62 bits per heavy atom. The first-order valence-corrected chi connectivity index (χ1v) is 8.33. The number of carbonyl (C=O) groups is 1. The summed E-state index contributed by atoms with van der Waals surface area (Å²) in [6.45, 7) is 0. The molecule has 0 aliphatic rings. The topological polar surface area (TPSA) is 74.8 Å². The summed E-state index contributed by atoms with van der Waals surface area (Å²) in [4.78, 5) is 16.6. The number of hydrogen-bond acceptors (Lipinski definition) is 4. The predicted octanol–water partition coefficient (Wildman–Crippen LogP) is 3.99. The van der Waals surface area contributed by atoms with E-state index in [1.165, 1.54) is 11.3 Å². The third kappa shape index (κ3) is 2.19. The minimum atomic E-state index is -1.70. The van der Waals surface area contributed by atoms with Crippen molar-refractivity contribution in [3.63, 3.8) is 0 Å². The van der Waals surface area contributed by atoms with E-state index in [1.807, 2.05) is 24.3 Å². The van der Waals surface area contributed by atoms with Gasteiger partial charge in [0.15, 0.2) is 11.1 Å². The van der Waals surface area contributed by atoms with Crippen LogP contribution < -0.4 is 0 Å². The van der Waals surface area contributed by atoms with Crippen LogP contribution in [-0.2, 0) is 4.79 Å². The number of rotatable bonds is 3. The summed E-state index contributed by atoms with van der Waals surface area (Å²) in [5.41, 5.74) is 1.99. The van der Waals surface area contributed by atoms with Gasteiger partial charge in [-0.3, -0.25) is 4.40 Å². The summed E-state index contributed by atoms with van der Waals surface area (Å²) in [6.07, 6.45) is -1.70. The van der Waals surface area contributed by atoms with E-state index >= 15 is 0 Å². The fourth-order valence-corrected chi connectivity index (χ4v) is 4.02. The highest BCUT2D eigenvalue weighted by Crippen LogP contribution is 2.38. The molecule has 4 aromatic rings. The van der Waals surface area contributed by atoms with Gasteiger partial charge in [-0.2, -0.15) is 0 Å². The number of aliphatic hydroxyl groups excluding tert-OH is 1. The zero-order chi connectivity index (χ0) is 16.8. The molecule has 2 aromatic heterocycles. The molecule has 2 aromatic carbocycles.